The highest BCUT2D eigenvalue weighted by Gasteiger charge is 2.41. The highest BCUT2D eigenvalue weighted by molar-refractivity contribution is 6.01. The van der Waals surface area contributed by atoms with Crippen LogP contribution in [0.4, 0.5) is 0 Å². The fraction of sp³-hybridized carbons (Fsp3) is 0.552. The zero-order valence-corrected chi connectivity index (χ0v) is 57.9. The van der Waals surface area contributed by atoms with Crippen molar-refractivity contribution in [2.45, 2.75) is 191 Å². The van der Waals surface area contributed by atoms with Crippen LogP contribution in [0, 0.1) is 17.8 Å². The third kappa shape index (κ3) is 23.8. The topological polar surface area (TPSA) is 568 Å². The summed E-state index contributed by atoms with van der Waals surface area (Å²) >= 11 is 0. The summed E-state index contributed by atoms with van der Waals surface area (Å²) in [6, 6.07) is -5.98. The first kappa shape index (κ1) is 82.6. The summed E-state index contributed by atoms with van der Waals surface area (Å²) in [7, 11) is 0. The van der Waals surface area contributed by atoms with Crippen LogP contribution in [0.3, 0.4) is 0 Å². The number of carboxylic acids is 2. The highest BCUT2D eigenvalue weighted by atomic mass is 16.4. The predicted molar refractivity (Wildman–Crippen MR) is 366 cm³/mol. The molecule has 14 atom stereocenters. The van der Waals surface area contributed by atoms with Crippen LogP contribution in [0.2, 0.25) is 0 Å². The van der Waals surface area contributed by atoms with Crippen LogP contribution in [0.25, 0.3) is 21.8 Å². The van der Waals surface area contributed by atoms with Gasteiger partial charge >= 0.3 is 11.9 Å². The van der Waals surface area contributed by atoms with Crippen molar-refractivity contribution in [3.8, 4) is 0 Å². The molecule has 560 valence electrons. The number of aromatic amines is 2. The minimum Gasteiger partial charge on any atom is -0.481 e. The maximum absolute atomic E-state index is 15.0. The van der Waals surface area contributed by atoms with Crippen molar-refractivity contribution in [3.63, 3.8) is 0 Å². The molecule has 12 amide bonds. The second-order valence-electron chi connectivity index (χ2n) is 26.3. The van der Waals surface area contributed by atoms with Gasteiger partial charge < -0.3 is 110 Å². The standard InChI is InChI=1S/C67H97N15O20/c1-8-34(6)54(69)66(100)82-21-13-18-51(82)64(98)72-42(19-20-52(68)87)56(90)78-48(29-83)61(95)73-43(22-32(2)3)57(91)76-46(26-53(88)89)59(93)79-49(30-84)62(96)75-44(24-36-27-70-40-16-11-9-14-38(36)40)58(92)74-45(25-37-28-71-41-17-12-10-15-39(37)41)60(94)81-55(35(7)86)65(99)80-50(31-85)63(97)77-47(67(101)102)23-33(4)5/h9-12,14-17,27-28,32-35,42-51,54-55,70-71,83-86H,8,13,18-26,29-31,69H2,1-7H3,(H2,68,87)(H,72,98)(H,73,95)(H,74,92)(H,75,96)(H,76,91)(H,77,97)(H,78,90)(H,79,93)(H,80,99)(H,81,94)(H,88,89)(H,101,102)/t34-,35+,42-,43-,44-,45-,46-,47-,48-,49-,50-,51-,54-,55-/m0/s1. The van der Waals surface area contributed by atoms with Gasteiger partial charge in [0.1, 0.15) is 66.5 Å². The molecular formula is C67H97N15O20. The Labute approximate surface area is 587 Å². The van der Waals surface area contributed by atoms with E-state index in [1.165, 1.54) is 11.1 Å². The number of hydrogen-bond acceptors (Lipinski definition) is 19. The number of rotatable bonds is 41. The zero-order valence-electron chi connectivity index (χ0n) is 57.9. The lowest BCUT2D eigenvalue weighted by Gasteiger charge is -2.30. The van der Waals surface area contributed by atoms with Gasteiger partial charge in [-0.25, -0.2) is 4.79 Å². The van der Waals surface area contributed by atoms with E-state index < -0.39 is 206 Å². The van der Waals surface area contributed by atoms with Crippen LogP contribution < -0.4 is 64.6 Å². The van der Waals surface area contributed by atoms with E-state index in [2.05, 4.69) is 63.1 Å². The van der Waals surface area contributed by atoms with Crippen LogP contribution in [-0.2, 0) is 80.0 Å². The minimum atomic E-state index is -2.07. The van der Waals surface area contributed by atoms with Crippen molar-refractivity contribution in [2.75, 3.05) is 26.4 Å². The fourth-order valence-electron chi connectivity index (χ4n) is 11.5. The SMILES string of the molecule is CC[C@H](C)[C@H](N)C(=O)N1CCC[C@H]1C(=O)N[C@@H](CCC(N)=O)C(=O)N[C@@H](CO)C(=O)N[C@@H](CC(C)C)C(=O)N[C@@H](CC(=O)O)C(=O)N[C@@H](CO)C(=O)N[C@@H](Cc1c[nH]c2ccccc12)C(=O)N[C@@H](Cc1c[nH]c2ccccc12)C(=O)N[C@H](C(=O)N[C@@H](CO)C(=O)N[C@@H](CC(C)C)C(=O)O)[C@@H](C)O. The quantitative estimate of drug-likeness (QED) is 0.0201. The number of nitrogens with zero attached hydrogens (tertiary/aromatic N) is 1. The van der Waals surface area contributed by atoms with Crippen molar-refractivity contribution in [2.24, 2.45) is 29.2 Å². The van der Waals surface area contributed by atoms with E-state index in [1.54, 1.807) is 89.3 Å². The molecule has 1 aliphatic rings. The number of benzene rings is 2. The van der Waals surface area contributed by atoms with Gasteiger partial charge in [-0.1, -0.05) is 84.4 Å². The fourth-order valence-corrected chi connectivity index (χ4v) is 11.5. The molecule has 102 heavy (non-hydrogen) atoms. The maximum atomic E-state index is 15.0. The molecule has 2 aromatic carbocycles. The summed E-state index contributed by atoms with van der Waals surface area (Å²) in [4.78, 5) is 198. The van der Waals surface area contributed by atoms with Gasteiger partial charge in [0.15, 0.2) is 0 Å². The number of carboxylic acid groups (broad SMARTS) is 2. The molecule has 1 aliphatic heterocycles. The number of primary amides is 1. The van der Waals surface area contributed by atoms with E-state index in [4.69, 9.17) is 11.5 Å². The normalized spacial score (nSPS) is 16.8. The molecule has 35 heteroatoms. The second-order valence-corrected chi connectivity index (χ2v) is 26.3. The number of aliphatic hydroxyl groups excluding tert-OH is 4. The van der Waals surface area contributed by atoms with Gasteiger partial charge in [0.05, 0.1) is 38.4 Å². The molecular weight excluding hydrogens is 1330 g/mol. The Balaban J connectivity index is 1.38. The van der Waals surface area contributed by atoms with Gasteiger partial charge in [0.25, 0.3) is 0 Å². The summed E-state index contributed by atoms with van der Waals surface area (Å²) < 4.78 is 0. The number of nitrogens with one attached hydrogen (secondary N) is 12. The Morgan fingerprint density at radius 2 is 0.931 bits per heavy atom. The van der Waals surface area contributed by atoms with E-state index in [1.807, 2.05) is 6.92 Å². The third-order valence-corrected chi connectivity index (χ3v) is 17.3. The summed E-state index contributed by atoms with van der Waals surface area (Å²) in [6.45, 7) is 8.23. The van der Waals surface area contributed by atoms with E-state index in [-0.39, 0.29) is 50.5 Å². The third-order valence-electron chi connectivity index (χ3n) is 17.3. The average molecular weight is 1430 g/mol. The van der Waals surface area contributed by atoms with Crippen LogP contribution in [0.5, 0.6) is 0 Å². The molecule has 0 bridgehead atoms. The number of carbonyl (C=O) groups excluding carboxylic acids is 12. The number of para-hydroxylation sites is 2. The van der Waals surface area contributed by atoms with Crippen molar-refractivity contribution >= 4 is 105 Å². The molecule has 5 rings (SSSR count). The van der Waals surface area contributed by atoms with E-state index in [0.717, 1.165) is 6.92 Å². The first-order valence-corrected chi connectivity index (χ1v) is 33.7. The second kappa shape index (κ2) is 39.2. The van der Waals surface area contributed by atoms with Crippen LogP contribution >= 0.6 is 0 Å². The Morgan fingerprint density at radius 1 is 0.529 bits per heavy atom. The number of hydrogen-bond donors (Lipinski definition) is 20. The van der Waals surface area contributed by atoms with Crippen molar-refractivity contribution < 1.29 is 97.8 Å². The molecule has 0 saturated carbocycles. The Bertz CT molecular complexity index is 3630. The van der Waals surface area contributed by atoms with E-state index in [9.17, 15) is 97.8 Å². The number of likely N-dealkylation sites (tertiary alicyclic amines) is 1. The van der Waals surface area contributed by atoms with Crippen molar-refractivity contribution in [3.05, 3.63) is 72.1 Å². The van der Waals surface area contributed by atoms with Gasteiger partial charge in [-0.3, -0.25) is 62.3 Å². The Morgan fingerprint density at radius 3 is 1.38 bits per heavy atom. The zero-order chi connectivity index (χ0) is 75.8. The van der Waals surface area contributed by atoms with Gasteiger partial charge in [-0.15, -0.1) is 0 Å². The minimum absolute atomic E-state index is 0.0143. The van der Waals surface area contributed by atoms with E-state index >= 15 is 0 Å². The molecule has 4 aromatic rings. The molecule has 1 fully saturated rings. The lowest BCUT2D eigenvalue weighted by molar-refractivity contribution is -0.143. The monoisotopic (exact) mass is 1430 g/mol. The summed E-state index contributed by atoms with van der Waals surface area (Å²) in [5.41, 5.74) is 13.6. The molecule has 0 unspecified atom stereocenters. The number of nitrogens with two attached hydrogens (primary N) is 2. The number of carbonyl (C=O) groups is 14. The molecule has 35 nitrogen and oxygen atoms in total. The van der Waals surface area contributed by atoms with Crippen LogP contribution in [0.15, 0.2) is 60.9 Å². The number of fused-ring (bicyclic) bond motifs is 2. The first-order chi connectivity index (χ1) is 48.2. The maximum Gasteiger partial charge on any atom is 0.326 e. The van der Waals surface area contributed by atoms with Gasteiger partial charge in [0.2, 0.25) is 70.9 Å². The molecule has 22 N–H and O–H groups in total. The number of aromatic nitrogens is 2. The molecule has 2 aromatic heterocycles. The molecule has 0 spiro atoms. The summed E-state index contributed by atoms with van der Waals surface area (Å²) in [5, 5.41) is 86.7. The molecule has 0 radical (unpaired) electrons. The summed E-state index contributed by atoms with van der Waals surface area (Å²) in [5.74, 6) is -16.7. The van der Waals surface area contributed by atoms with Crippen molar-refractivity contribution in [1.82, 2.24) is 68.0 Å². The summed E-state index contributed by atoms with van der Waals surface area (Å²) in [6.07, 6.45) is -0.392. The smallest absolute Gasteiger partial charge is 0.326 e. The van der Waals surface area contributed by atoms with E-state index in [0.29, 0.717) is 45.8 Å². The van der Waals surface area contributed by atoms with Crippen molar-refractivity contribution in [1.29, 1.82) is 0 Å². The Hall–Kier alpha value is -10.1. The molecule has 3 heterocycles. The van der Waals surface area contributed by atoms with Gasteiger partial charge in [0, 0.05) is 60.0 Å². The van der Waals surface area contributed by atoms with Crippen LogP contribution in [0.1, 0.15) is 111 Å². The molecule has 0 aliphatic carbocycles. The van der Waals surface area contributed by atoms with Gasteiger partial charge in [-0.2, -0.15) is 0 Å². The lowest BCUT2D eigenvalue weighted by atomic mass is 9.98. The Kier molecular flexibility index (Phi) is 31.7. The highest BCUT2D eigenvalue weighted by Crippen LogP contribution is 2.24. The molecule has 1 saturated heterocycles. The largest absolute Gasteiger partial charge is 0.481 e. The number of aliphatic carboxylic acids is 2. The van der Waals surface area contributed by atoms with Crippen LogP contribution in [-0.4, -0.2) is 233 Å². The average Bonchev–Trinajstić information content (AvgIpc) is 1.63. The predicted octanol–water partition coefficient (Wildman–Crippen LogP) is -4.08. The van der Waals surface area contributed by atoms with Gasteiger partial charge in [-0.05, 0) is 80.0 Å². The lowest BCUT2D eigenvalue weighted by Crippen LogP contribution is -2.63. The first-order valence-electron chi connectivity index (χ1n) is 33.7. The number of H-pyrrole nitrogens is 2. The number of amides is 12. The number of aliphatic hydroxyl groups is 4.